The molecule has 3 aliphatic rings. The molecule has 0 bridgehead atoms. The summed E-state index contributed by atoms with van der Waals surface area (Å²) in [6.07, 6.45) is 6.97. The van der Waals surface area contributed by atoms with E-state index in [4.69, 9.17) is 29.4 Å². The first-order chi connectivity index (χ1) is 28.3. The number of primary amides is 1. The fourth-order valence-electron chi connectivity index (χ4n) is 7.71. The normalized spacial score (nSPS) is 27.5. The maximum atomic E-state index is 13.2. The first-order valence-electron chi connectivity index (χ1n) is 21.3. The smallest absolute Gasteiger partial charge is 0.330 e. The Balaban J connectivity index is 1.38. The van der Waals surface area contributed by atoms with Crippen LogP contribution in [0.15, 0.2) is 33.7 Å². The minimum atomic E-state index is -1.88. The van der Waals surface area contributed by atoms with Gasteiger partial charge in [-0.15, -0.1) is 0 Å². The molecular formula is C41H65N5O13. The van der Waals surface area contributed by atoms with E-state index in [-0.39, 0.29) is 12.5 Å². The number of H-pyrrole nitrogens is 1. The standard InChI is InChI=1S/C41H65N5O13/c1-4-5-6-7-8-9-10-11-12-13-14-15-16-17-21-30(49)57-35-32(55-3)33(58-39(35)46-23-22-29(48)45-41(46)54)34(36(42)51)59-40-31(50)27(47)24-28(56-40)38(53)44-26-20-18-19-25(2)43-37(26)52/h22-27,31-35,39-40,47,50H,4-21H2,1-3H3,(H2,42,51)(H,43,52)(H,44,53)(H,45,48,54). The van der Waals surface area contributed by atoms with Crippen LogP contribution < -0.4 is 27.6 Å². The van der Waals surface area contributed by atoms with Crippen LogP contribution >= 0.6 is 0 Å². The predicted molar refractivity (Wildman–Crippen MR) is 213 cm³/mol. The topological polar surface area (TPSA) is 260 Å². The summed E-state index contributed by atoms with van der Waals surface area (Å²) in [5, 5.41) is 26.9. The van der Waals surface area contributed by atoms with E-state index in [1.54, 1.807) is 0 Å². The summed E-state index contributed by atoms with van der Waals surface area (Å²) in [5.74, 6) is -3.55. The lowest BCUT2D eigenvalue weighted by atomic mass is 10.0. The number of nitrogens with one attached hydrogen (secondary N) is 3. The fourth-order valence-corrected chi connectivity index (χ4v) is 7.71. The molecule has 59 heavy (non-hydrogen) atoms. The number of nitrogens with zero attached hydrogens (tertiary/aromatic N) is 1. The lowest BCUT2D eigenvalue weighted by Crippen LogP contribution is -2.54. The summed E-state index contributed by atoms with van der Waals surface area (Å²) in [7, 11) is 1.25. The Morgan fingerprint density at radius 2 is 1.58 bits per heavy atom. The lowest BCUT2D eigenvalue weighted by Gasteiger charge is -2.35. The van der Waals surface area contributed by atoms with Gasteiger partial charge < -0.3 is 50.3 Å². The number of aliphatic hydroxyl groups is 2. The Hall–Kier alpha value is -4.10. The number of carbonyl (C=O) groups is 4. The molecular weight excluding hydrogens is 770 g/mol. The minimum Gasteiger partial charge on any atom is -0.456 e. The van der Waals surface area contributed by atoms with Gasteiger partial charge >= 0.3 is 11.7 Å². The second-order valence-electron chi connectivity index (χ2n) is 15.8. The number of unbranched alkanes of at least 4 members (excludes halogenated alkanes) is 13. The number of carbonyl (C=O) groups excluding carboxylic acids is 4. The zero-order valence-electron chi connectivity index (χ0n) is 34.6. The number of aromatic amines is 1. The summed E-state index contributed by atoms with van der Waals surface area (Å²) in [6, 6.07) is 0.0832. The van der Waals surface area contributed by atoms with Gasteiger partial charge in [0.2, 0.25) is 18.1 Å². The van der Waals surface area contributed by atoms with Crippen molar-refractivity contribution in [3.8, 4) is 0 Å². The van der Waals surface area contributed by atoms with Crippen LogP contribution in [0.2, 0.25) is 0 Å². The molecule has 18 nitrogen and oxygen atoms in total. The van der Waals surface area contributed by atoms with Crippen molar-refractivity contribution in [2.45, 2.75) is 191 Å². The maximum Gasteiger partial charge on any atom is 0.330 e. The van der Waals surface area contributed by atoms with E-state index in [0.29, 0.717) is 19.3 Å². The molecule has 0 saturated carbocycles. The van der Waals surface area contributed by atoms with Crippen molar-refractivity contribution in [1.29, 1.82) is 0 Å². The van der Waals surface area contributed by atoms with E-state index in [2.05, 4.69) is 22.5 Å². The number of methoxy groups -OCH3 is 1. The Morgan fingerprint density at radius 1 is 0.949 bits per heavy atom. The number of nitrogens with two attached hydrogens (primary N) is 1. The quantitative estimate of drug-likeness (QED) is 0.0646. The third kappa shape index (κ3) is 14.3. The Morgan fingerprint density at radius 3 is 2.17 bits per heavy atom. The minimum absolute atomic E-state index is 0.0529. The molecule has 7 N–H and O–H groups in total. The first kappa shape index (κ1) is 47.6. The predicted octanol–water partition coefficient (Wildman–Crippen LogP) is 2.24. The van der Waals surface area contributed by atoms with Crippen LogP contribution in [0.5, 0.6) is 0 Å². The average molecular weight is 836 g/mol. The van der Waals surface area contributed by atoms with E-state index < -0.39 is 95.9 Å². The van der Waals surface area contributed by atoms with Crippen LogP contribution in [0, 0.1) is 0 Å². The number of hydrogen-bond acceptors (Lipinski definition) is 13. The van der Waals surface area contributed by atoms with Crippen molar-refractivity contribution >= 4 is 23.7 Å². The molecule has 2 saturated heterocycles. The van der Waals surface area contributed by atoms with Crippen LogP contribution in [0.1, 0.15) is 136 Å². The highest BCUT2D eigenvalue weighted by Crippen LogP contribution is 2.36. The zero-order valence-corrected chi connectivity index (χ0v) is 34.6. The van der Waals surface area contributed by atoms with Gasteiger partial charge in [-0.1, -0.05) is 90.4 Å². The molecule has 3 aliphatic heterocycles. The summed E-state index contributed by atoms with van der Waals surface area (Å²) in [4.78, 5) is 79.1. The number of amides is 3. The zero-order chi connectivity index (χ0) is 42.9. The summed E-state index contributed by atoms with van der Waals surface area (Å²) in [5.41, 5.74) is 4.17. The molecule has 3 amide bonds. The third-order valence-corrected chi connectivity index (χ3v) is 11.0. The highest BCUT2D eigenvalue weighted by atomic mass is 16.7. The molecule has 0 aliphatic carbocycles. The van der Waals surface area contributed by atoms with Gasteiger partial charge in [-0.2, -0.15) is 0 Å². The lowest BCUT2D eigenvalue weighted by molar-refractivity contribution is -0.241. The molecule has 18 heteroatoms. The first-order valence-corrected chi connectivity index (χ1v) is 21.3. The van der Waals surface area contributed by atoms with Crippen LogP contribution in [0.25, 0.3) is 0 Å². The second kappa shape index (κ2) is 24.2. The number of hydrogen-bond donors (Lipinski definition) is 6. The second-order valence-corrected chi connectivity index (χ2v) is 15.8. The maximum absolute atomic E-state index is 13.2. The molecule has 0 radical (unpaired) electrons. The largest absolute Gasteiger partial charge is 0.456 e. The Kier molecular flexibility index (Phi) is 19.5. The van der Waals surface area contributed by atoms with Gasteiger partial charge in [0.05, 0.1) is 0 Å². The molecule has 1 aromatic heterocycles. The number of rotatable bonds is 24. The average Bonchev–Trinajstić information content (AvgIpc) is 3.45. The Bertz CT molecular complexity index is 1670. The molecule has 4 heterocycles. The van der Waals surface area contributed by atoms with E-state index >= 15 is 0 Å². The van der Waals surface area contributed by atoms with Gasteiger partial charge in [-0.3, -0.25) is 33.5 Å². The molecule has 332 valence electrons. The molecule has 10 unspecified atom stereocenters. The molecule has 4 rings (SSSR count). The summed E-state index contributed by atoms with van der Waals surface area (Å²) in [6.45, 7) is 4.07. The fraction of sp³-hybridized carbons (Fsp3) is 0.756. The summed E-state index contributed by atoms with van der Waals surface area (Å²) >= 11 is 0. The van der Waals surface area contributed by atoms with Crippen LogP contribution in [0.3, 0.4) is 0 Å². The van der Waals surface area contributed by atoms with Gasteiger partial charge in [0.1, 0.15) is 30.5 Å². The van der Waals surface area contributed by atoms with Gasteiger partial charge in [0, 0.05) is 31.8 Å². The monoisotopic (exact) mass is 835 g/mol. The van der Waals surface area contributed by atoms with Crippen LogP contribution in [0.4, 0.5) is 0 Å². The highest BCUT2D eigenvalue weighted by Gasteiger charge is 2.54. The van der Waals surface area contributed by atoms with Crippen molar-refractivity contribution in [2.75, 3.05) is 7.11 Å². The van der Waals surface area contributed by atoms with Crippen molar-refractivity contribution in [3.05, 3.63) is 44.9 Å². The van der Waals surface area contributed by atoms with Crippen LogP contribution in [-0.4, -0.2) is 106 Å². The Labute approximate surface area is 344 Å². The SMILES string of the molecule is CCCCCCCCCCCCCCCCC(=O)OC1C(OC)C(C(OC2OC(C(=O)NC3CCCC(C)NC3=O)=CC(O)C2O)C(N)=O)OC1n1ccc(=O)[nH]c1=O. The van der Waals surface area contributed by atoms with Crippen molar-refractivity contribution in [3.63, 3.8) is 0 Å². The van der Waals surface area contributed by atoms with Crippen molar-refractivity contribution in [1.82, 2.24) is 20.2 Å². The van der Waals surface area contributed by atoms with Crippen molar-refractivity contribution < 1.29 is 53.1 Å². The molecule has 0 aromatic carbocycles. The number of esters is 1. The molecule has 0 spiro atoms. The number of ether oxygens (including phenoxy) is 5. The van der Waals surface area contributed by atoms with E-state index in [1.807, 2.05) is 6.92 Å². The number of aliphatic hydroxyl groups excluding tert-OH is 2. The van der Waals surface area contributed by atoms with E-state index in [0.717, 1.165) is 55.0 Å². The summed E-state index contributed by atoms with van der Waals surface area (Å²) < 4.78 is 30.1. The molecule has 2 fully saturated rings. The van der Waals surface area contributed by atoms with Gasteiger partial charge in [0.25, 0.3) is 11.5 Å². The molecule has 10 atom stereocenters. The van der Waals surface area contributed by atoms with E-state index in [1.165, 1.54) is 64.9 Å². The van der Waals surface area contributed by atoms with Gasteiger partial charge in [-0.25, -0.2) is 4.79 Å². The number of aromatic nitrogens is 2. The third-order valence-electron chi connectivity index (χ3n) is 11.0. The van der Waals surface area contributed by atoms with Crippen molar-refractivity contribution in [2.24, 2.45) is 5.73 Å². The highest BCUT2D eigenvalue weighted by molar-refractivity contribution is 5.95. The van der Waals surface area contributed by atoms with E-state index in [9.17, 15) is 39.0 Å². The molecule has 1 aromatic rings. The van der Waals surface area contributed by atoms with Gasteiger partial charge in [-0.05, 0) is 38.7 Å². The van der Waals surface area contributed by atoms with Crippen LogP contribution in [-0.2, 0) is 42.9 Å². The van der Waals surface area contributed by atoms with Gasteiger partial charge in [0.15, 0.2) is 24.2 Å².